The molecule has 1 rings (SSSR count). The quantitative estimate of drug-likeness (QED) is 0.608. The highest BCUT2D eigenvalue weighted by Gasteiger charge is 2.39. The van der Waals surface area contributed by atoms with Gasteiger partial charge in [-0.05, 0) is 25.7 Å². The molecule has 0 radical (unpaired) electrons. The molecule has 1 aliphatic rings. The molecule has 0 aromatic rings. The van der Waals surface area contributed by atoms with E-state index in [0.717, 1.165) is 12.8 Å². The van der Waals surface area contributed by atoms with E-state index in [9.17, 15) is 8.42 Å². The second-order valence-corrected chi connectivity index (χ2v) is 6.35. The van der Waals surface area contributed by atoms with Crippen molar-refractivity contribution in [2.24, 2.45) is 5.92 Å². The molecule has 2 nitrogen and oxygen atoms in total. The van der Waals surface area contributed by atoms with Gasteiger partial charge in [-0.25, -0.2) is 8.42 Å². The molecule has 1 saturated heterocycles. The minimum Gasteiger partial charge on any atom is -0.228 e. The highest BCUT2D eigenvalue weighted by Crippen LogP contribution is 2.31. The van der Waals surface area contributed by atoms with Crippen molar-refractivity contribution in [2.75, 3.05) is 0 Å². The van der Waals surface area contributed by atoms with E-state index >= 15 is 0 Å². The molecule has 0 aliphatic carbocycles. The molecular formula is C8H16O2S. The fourth-order valence-electron chi connectivity index (χ4n) is 1.74. The predicted octanol–water partition coefficient (Wildman–Crippen LogP) is 1.61. The first-order valence-electron chi connectivity index (χ1n) is 4.19. The summed E-state index contributed by atoms with van der Waals surface area (Å²) >= 11 is 0. The van der Waals surface area contributed by atoms with Crippen LogP contribution in [0.3, 0.4) is 0 Å². The topological polar surface area (TPSA) is 34.1 Å². The molecule has 2 unspecified atom stereocenters. The minimum atomic E-state index is -2.77. The summed E-state index contributed by atoms with van der Waals surface area (Å²) < 4.78 is 23.1. The average Bonchev–Trinajstić information content (AvgIpc) is 2.08. The van der Waals surface area contributed by atoms with E-state index in [1.54, 1.807) is 0 Å². The minimum absolute atomic E-state index is 0.0718. The van der Waals surface area contributed by atoms with Gasteiger partial charge in [0.15, 0.2) is 9.84 Å². The third-order valence-electron chi connectivity index (χ3n) is 2.58. The molecule has 0 amide bonds. The number of rotatable bonds is 1. The third-order valence-corrected chi connectivity index (χ3v) is 5.57. The highest BCUT2D eigenvalue weighted by molar-refractivity contribution is 7.92. The van der Waals surface area contributed by atoms with Gasteiger partial charge in [0, 0.05) is 0 Å². The van der Waals surface area contributed by atoms with Crippen molar-refractivity contribution in [3.8, 4) is 0 Å². The zero-order valence-corrected chi connectivity index (χ0v) is 8.19. The van der Waals surface area contributed by atoms with Crippen LogP contribution in [0.1, 0.15) is 33.6 Å². The van der Waals surface area contributed by atoms with Crippen molar-refractivity contribution in [3.63, 3.8) is 0 Å². The predicted molar refractivity (Wildman–Crippen MR) is 46.2 cm³/mol. The van der Waals surface area contributed by atoms with Crippen LogP contribution in [-0.4, -0.2) is 18.9 Å². The van der Waals surface area contributed by atoms with E-state index in [1.165, 1.54) is 0 Å². The lowest BCUT2D eigenvalue weighted by atomic mass is 10.1. The molecule has 0 bridgehead atoms. The van der Waals surface area contributed by atoms with E-state index < -0.39 is 9.84 Å². The van der Waals surface area contributed by atoms with Crippen LogP contribution >= 0.6 is 0 Å². The largest absolute Gasteiger partial charge is 0.228 e. The zero-order valence-electron chi connectivity index (χ0n) is 7.37. The lowest BCUT2D eigenvalue weighted by Crippen LogP contribution is -2.25. The van der Waals surface area contributed by atoms with Gasteiger partial charge < -0.3 is 0 Å². The Balaban J connectivity index is 2.88. The van der Waals surface area contributed by atoms with Crippen molar-refractivity contribution >= 4 is 9.84 Å². The van der Waals surface area contributed by atoms with Gasteiger partial charge in [0.1, 0.15) is 0 Å². The molecule has 1 aliphatic heterocycles. The summed E-state index contributed by atoms with van der Waals surface area (Å²) in [5.41, 5.74) is 0. The molecule has 11 heavy (non-hydrogen) atoms. The Hall–Kier alpha value is -0.0500. The van der Waals surface area contributed by atoms with Crippen LogP contribution in [-0.2, 0) is 9.84 Å². The Bertz CT molecular complexity index is 228. The average molecular weight is 176 g/mol. The SMILES string of the molecule is CC(C)C1CCC(C)S1(=O)=O. The Morgan fingerprint density at radius 3 is 2.00 bits per heavy atom. The van der Waals surface area contributed by atoms with Crippen LogP contribution < -0.4 is 0 Å². The standard InChI is InChI=1S/C8H16O2S/c1-6(2)8-5-4-7(3)11(8,9)10/h6-8H,4-5H2,1-3H3. The van der Waals surface area contributed by atoms with Crippen molar-refractivity contribution in [2.45, 2.75) is 44.1 Å². The van der Waals surface area contributed by atoms with Gasteiger partial charge in [0.25, 0.3) is 0 Å². The summed E-state index contributed by atoms with van der Waals surface area (Å²) in [7, 11) is -2.77. The van der Waals surface area contributed by atoms with Crippen molar-refractivity contribution in [3.05, 3.63) is 0 Å². The summed E-state index contributed by atoms with van der Waals surface area (Å²) in [5, 5.41) is -0.174. The van der Waals surface area contributed by atoms with Gasteiger partial charge in [-0.3, -0.25) is 0 Å². The maximum Gasteiger partial charge on any atom is 0.155 e. The van der Waals surface area contributed by atoms with Crippen LogP contribution in [0, 0.1) is 5.92 Å². The van der Waals surface area contributed by atoms with Crippen molar-refractivity contribution in [1.82, 2.24) is 0 Å². The maximum absolute atomic E-state index is 11.5. The molecule has 0 aromatic carbocycles. The molecule has 0 aromatic heterocycles. The van der Waals surface area contributed by atoms with Gasteiger partial charge >= 0.3 is 0 Å². The molecular weight excluding hydrogens is 160 g/mol. The van der Waals surface area contributed by atoms with Gasteiger partial charge in [0.05, 0.1) is 10.5 Å². The van der Waals surface area contributed by atoms with Gasteiger partial charge in [-0.1, -0.05) is 13.8 Å². The van der Waals surface area contributed by atoms with Crippen LogP contribution in [0.4, 0.5) is 0 Å². The highest BCUT2D eigenvalue weighted by atomic mass is 32.2. The first kappa shape index (κ1) is 9.04. The Morgan fingerprint density at radius 2 is 1.82 bits per heavy atom. The summed E-state index contributed by atoms with van der Waals surface area (Å²) in [5.74, 6) is 0.282. The summed E-state index contributed by atoms with van der Waals surface area (Å²) in [6.45, 7) is 5.79. The molecule has 0 saturated carbocycles. The van der Waals surface area contributed by atoms with E-state index in [4.69, 9.17) is 0 Å². The maximum atomic E-state index is 11.5. The smallest absolute Gasteiger partial charge is 0.155 e. The normalized spacial score (nSPS) is 36.4. The second-order valence-electron chi connectivity index (χ2n) is 3.76. The second kappa shape index (κ2) is 2.77. The lowest BCUT2D eigenvalue weighted by Gasteiger charge is -2.13. The summed E-state index contributed by atoms with van der Waals surface area (Å²) in [4.78, 5) is 0. The fraction of sp³-hybridized carbons (Fsp3) is 1.00. The van der Waals surface area contributed by atoms with Gasteiger partial charge in [0.2, 0.25) is 0 Å². The molecule has 2 atom stereocenters. The van der Waals surface area contributed by atoms with Crippen LogP contribution in [0.2, 0.25) is 0 Å². The molecule has 66 valence electrons. The Labute approximate surface area is 68.9 Å². The van der Waals surface area contributed by atoms with Crippen LogP contribution in [0.15, 0.2) is 0 Å². The summed E-state index contributed by atoms with van der Waals surface area (Å²) in [6.07, 6.45) is 1.71. The van der Waals surface area contributed by atoms with Gasteiger partial charge in [-0.15, -0.1) is 0 Å². The first-order chi connectivity index (χ1) is 4.96. The van der Waals surface area contributed by atoms with E-state index in [2.05, 4.69) is 0 Å². The van der Waals surface area contributed by atoms with Crippen molar-refractivity contribution in [1.29, 1.82) is 0 Å². The molecule has 1 fully saturated rings. The van der Waals surface area contributed by atoms with E-state index in [-0.39, 0.29) is 16.4 Å². The Morgan fingerprint density at radius 1 is 1.27 bits per heavy atom. The van der Waals surface area contributed by atoms with E-state index in [0.29, 0.717) is 0 Å². The number of hydrogen-bond acceptors (Lipinski definition) is 2. The molecule has 3 heteroatoms. The first-order valence-corrected chi connectivity index (χ1v) is 5.80. The third kappa shape index (κ3) is 1.43. The van der Waals surface area contributed by atoms with Crippen LogP contribution in [0.5, 0.6) is 0 Å². The zero-order chi connectivity index (χ0) is 8.65. The van der Waals surface area contributed by atoms with Crippen LogP contribution in [0.25, 0.3) is 0 Å². The Kier molecular flexibility index (Phi) is 2.28. The monoisotopic (exact) mass is 176 g/mol. The van der Waals surface area contributed by atoms with Crippen molar-refractivity contribution < 1.29 is 8.42 Å². The number of sulfone groups is 1. The number of hydrogen-bond donors (Lipinski definition) is 0. The fourth-order valence-corrected chi connectivity index (χ4v) is 4.02. The lowest BCUT2D eigenvalue weighted by molar-refractivity contribution is 0.538. The molecule has 1 heterocycles. The van der Waals surface area contributed by atoms with E-state index in [1.807, 2.05) is 20.8 Å². The summed E-state index contributed by atoms with van der Waals surface area (Å²) in [6, 6.07) is 0. The van der Waals surface area contributed by atoms with Gasteiger partial charge in [-0.2, -0.15) is 0 Å². The molecule has 0 spiro atoms. The molecule has 0 N–H and O–H groups in total.